The summed E-state index contributed by atoms with van der Waals surface area (Å²) in [4.78, 5) is 20.1. The number of carbonyl (C=O) groups excluding carboxylic acids is 1. The average molecular weight is 497 g/mol. The number of hydrogen-bond donors (Lipinski definition) is 1. The first-order valence-corrected chi connectivity index (χ1v) is 14.6. The van der Waals surface area contributed by atoms with Gasteiger partial charge in [-0.2, -0.15) is 4.31 Å². The molecule has 4 bridgehead atoms. The number of carbonyl (C=O) groups is 1. The Morgan fingerprint density at radius 2 is 1.69 bits per heavy atom. The minimum atomic E-state index is -3.66. The lowest BCUT2D eigenvalue weighted by Gasteiger charge is -2.57. The summed E-state index contributed by atoms with van der Waals surface area (Å²) in [5.74, 6) is 2.48. The molecule has 7 rings (SSSR count). The van der Waals surface area contributed by atoms with Crippen molar-refractivity contribution in [2.24, 2.45) is 17.8 Å². The number of aryl methyl sites for hydroxylation is 1. The van der Waals surface area contributed by atoms with E-state index >= 15 is 0 Å². The number of aromatic nitrogens is 1. The van der Waals surface area contributed by atoms with E-state index in [2.05, 4.69) is 15.2 Å². The quantitative estimate of drug-likeness (QED) is 0.687. The zero-order valence-corrected chi connectivity index (χ0v) is 21.6. The third-order valence-corrected chi connectivity index (χ3v) is 11.0. The van der Waals surface area contributed by atoms with Crippen molar-refractivity contribution in [1.82, 2.24) is 19.5 Å². The second kappa shape index (κ2) is 8.53. The maximum atomic E-state index is 13.5. The molecular formula is C27H36N4O3S. The molecule has 35 heavy (non-hydrogen) atoms. The molecule has 7 nitrogen and oxygen atoms in total. The molecular weight excluding hydrogens is 460 g/mol. The van der Waals surface area contributed by atoms with Crippen molar-refractivity contribution >= 4 is 26.8 Å². The van der Waals surface area contributed by atoms with Gasteiger partial charge in [0.1, 0.15) is 4.90 Å². The Morgan fingerprint density at radius 1 is 1.06 bits per heavy atom. The molecule has 1 N–H and O–H groups in total. The van der Waals surface area contributed by atoms with Gasteiger partial charge < -0.3 is 5.32 Å². The number of nitrogens with one attached hydrogen (secondary N) is 1. The second-order valence-corrected chi connectivity index (χ2v) is 13.6. The summed E-state index contributed by atoms with van der Waals surface area (Å²) in [7, 11) is -3.66. The van der Waals surface area contributed by atoms with Crippen LogP contribution in [0.3, 0.4) is 0 Å². The summed E-state index contributed by atoms with van der Waals surface area (Å²) < 4.78 is 28.5. The van der Waals surface area contributed by atoms with Gasteiger partial charge in [0, 0.05) is 43.3 Å². The molecule has 1 amide bonds. The molecule has 0 radical (unpaired) electrons. The zero-order chi connectivity index (χ0) is 24.4. The molecule has 1 aliphatic heterocycles. The molecule has 4 saturated carbocycles. The summed E-state index contributed by atoms with van der Waals surface area (Å²) in [6, 6.07) is 7.03. The van der Waals surface area contributed by atoms with Crippen molar-refractivity contribution in [3.8, 4) is 0 Å². The van der Waals surface area contributed by atoms with Gasteiger partial charge in [0.2, 0.25) is 15.9 Å². The molecule has 1 aromatic carbocycles. The van der Waals surface area contributed by atoms with E-state index in [1.165, 1.54) is 19.3 Å². The first-order valence-electron chi connectivity index (χ1n) is 13.1. The fourth-order valence-corrected chi connectivity index (χ4v) is 9.30. The van der Waals surface area contributed by atoms with Crippen molar-refractivity contribution < 1.29 is 13.2 Å². The minimum Gasteiger partial charge on any atom is -0.349 e. The van der Waals surface area contributed by atoms with Crippen molar-refractivity contribution in [2.75, 3.05) is 26.2 Å². The van der Waals surface area contributed by atoms with Crippen LogP contribution in [-0.4, -0.2) is 66.3 Å². The summed E-state index contributed by atoms with van der Waals surface area (Å²) in [6.07, 6.45) is 9.20. The van der Waals surface area contributed by atoms with Crippen LogP contribution in [0.1, 0.15) is 51.0 Å². The van der Waals surface area contributed by atoms with Gasteiger partial charge in [-0.1, -0.05) is 12.1 Å². The van der Waals surface area contributed by atoms with E-state index in [-0.39, 0.29) is 22.4 Å². The number of para-hydroxylation sites is 1. The Balaban J connectivity index is 1.11. The average Bonchev–Trinajstić information content (AvgIpc) is 2.82. The van der Waals surface area contributed by atoms with Crippen molar-refractivity contribution in [3.63, 3.8) is 0 Å². The lowest BCUT2D eigenvalue weighted by atomic mass is 9.53. The Hall–Kier alpha value is -2.03. The number of piperazine rings is 1. The number of amides is 1. The van der Waals surface area contributed by atoms with E-state index in [0.717, 1.165) is 48.0 Å². The second-order valence-electron chi connectivity index (χ2n) is 11.6. The lowest BCUT2D eigenvalue weighted by Crippen LogP contribution is -2.63. The smallest absolute Gasteiger partial charge is 0.245 e. The highest BCUT2D eigenvalue weighted by molar-refractivity contribution is 7.89. The fourth-order valence-electron chi connectivity index (χ4n) is 7.72. The van der Waals surface area contributed by atoms with Gasteiger partial charge in [-0.3, -0.25) is 14.7 Å². The molecule has 0 spiro atoms. The largest absolute Gasteiger partial charge is 0.349 e. The van der Waals surface area contributed by atoms with E-state index in [4.69, 9.17) is 0 Å². The predicted octanol–water partition coefficient (Wildman–Crippen LogP) is 3.32. The molecule has 1 saturated heterocycles. The van der Waals surface area contributed by atoms with Crippen molar-refractivity contribution in [2.45, 2.75) is 68.8 Å². The van der Waals surface area contributed by atoms with Crippen LogP contribution in [0.2, 0.25) is 0 Å². The van der Waals surface area contributed by atoms with Crippen molar-refractivity contribution in [1.29, 1.82) is 0 Å². The van der Waals surface area contributed by atoms with Gasteiger partial charge in [-0.25, -0.2) is 8.42 Å². The molecule has 2 heterocycles. The molecule has 1 unspecified atom stereocenters. The van der Waals surface area contributed by atoms with Gasteiger partial charge in [-0.05, 0) is 87.8 Å². The normalized spacial score (nSPS) is 32.1. The van der Waals surface area contributed by atoms with E-state index in [9.17, 15) is 13.2 Å². The topological polar surface area (TPSA) is 82.6 Å². The molecule has 5 aliphatic rings. The molecule has 188 valence electrons. The molecule has 8 heteroatoms. The van der Waals surface area contributed by atoms with Gasteiger partial charge in [0.05, 0.1) is 11.6 Å². The van der Waals surface area contributed by atoms with Crippen LogP contribution in [0, 0.1) is 24.7 Å². The van der Waals surface area contributed by atoms with Gasteiger partial charge in [0.15, 0.2) is 0 Å². The maximum Gasteiger partial charge on any atom is 0.245 e. The summed E-state index contributed by atoms with van der Waals surface area (Å²) in [5, 5.41) is 4.33. The van der Waals surface area contributed by atoms with Crippen LogP contribution in [0.15, 0.2) is 35.4 Å². The molecule has 1 aromatic heterocycles. The predicted molar refractivity (Wildman–Crippen MR) is 135 cm³/mol. The minimum absolute atomic E-state index is 0.00494. The highest BCUT2D eigenvalue weighted by atomic mass is 32.2. The number of rotatable bonds is 5. The Morgan fingerprint density at radius 3 is 2.31 bits per heavy atom. The molecule has 2 aromatic rings. The van der Waals surface area contributed by atoms with Crippen LogP contribution < -0.4 is 5.32 Å². The van der Waals surface area contributed by atoms with E-state index in [0.29, 0.717) is 31.7 Å². The van der Waals surface area contributed by atoms with Crippen molar-refractivity contribution in [3.05, 3.63) is 36.0 Å². The van der Waals surface area contributed by atoms with Crippen LogP contribution in [0.4, 0.5) is 0 Å². The Kier molecular flexibility index (Phi) is 5.69. The van der Waals surface area contributed by atoms with Gasteiger partial charge >= 0.3 is 0 Å². The molecule has 4 aliphatic carbocycles. The van der Waals surface area contributed by atoms with E-state index in [1.54, 1.807) is 22.6 Å². The molecule has 1 atom stereocenters. The van der Waals surface area contributed by atoms with Crippen LogP contribution in [-0.2, 0) is 14.8 Å². The van der Waals surface area contributed by atoms with Gasteiger partial charge in [-0.15, -0.1) is 0 Å². The Labute approximate surface area is 208 Å². The first-order chi connectivity index (χ1) is 16.7. The fraction of sp³-hybridized carbons (Fsp3) is 0.630. The van der Waals surface area contributed by atoms with Crippen LogP contribution >= 0.6 is 0 Å². The molecule has 5 fully saturated rings. The SMILES string of the molecule is Cc1cnc2c(S(=O)(=O)N3CCN(C(C)C(=O)NC45CC6CC(CC(C6)C4)C5)CC3)cccc2c1. The summed E-state index contributed by atoms with van der Waals surface area (Å²) >= 11 is 0. The number of hydrogen-bond acceptors (Lipinski definition) is 5. The Bertz CT molecular complexity index is 1220. The standard InChI is InChI=1S/C27H36N4O3S/c1-18-10-23-4-3-5-24(25(23)28-17-18)35(33,34)31-8-6-30(7-9-31)19(2)26(32)29-27-14-20-11-21(15-27)13-22(12-20)16-27/h3-5,10,17,19-22H,6-9,11-16H2,1-2H3,(H,29,32). The van der Waals surface area contributed by atoms with E-state index < -0.39 is 10.0 Å². The maximum absolute atomic E-state index is 13.5. The number of fused-ring (bicyclic) bond motifs is 1. The number of nitrogens with zero attached hydrogens (tertiary/aromatic N) is 3. The van der Waals surface area contributed by atoms with Gasteiger partial charge in [0.25, 0.3) is 0 Å². The number of benzene rings is 1. The van der Waals surface area contributed by atoms with Crippen LogP contribution in [0.5, 0.6) is 0 Å². The lowest BCUT2D eigenvalue weighted by molar-refractivity contribution is -0.132. The summed E-state index contributed by atoms with van der Waals surface area (Å²) in [5.41, 5.74) is 1.52. The number of pyridine rings is 1. The summed E-state index contributed by atoms with van der Waals surface area (Å²) in [6.45, 7) is 5.77. The third-order valence-electron chi connectivity index (χ3n) is 9.06. The van der Waals surface area contributed by atoms with Crippen LogP contribution in [0.25, 0.3) is 10.9 Å². The van der Waals surface area contributed by atoms with E-state index in [1.807, 2.05) is 26.0 Å². The third kappa shape index (κ3) is 4.17. The highest BCUT2D eigenvalue weighted by Gasteiger charge is 2.52. The zero-order valence-electron chi connectivity index (χ0n) is 20.7. The monoisotopic (exact) mass is 496 g/mol. The first kappa shape index (κ1) is 23.4. The number of sulfonamides is 1. The highest BCUT2D eigenvalue weighted by Crippen LogP contribution is 2.55.